The van der Waals surface area contributed by atoms with Crippen LogP contribution in [-0.2, 0) is 16.6 Å². The van der Waals surface area contributed by atoms with Crippen molar-refractivity contribution in [2.75, 3.05) is 6.54 Å². The van der Waals surface area contributed by atoms with Crippen molar-refractivity contribution in [2.45, 2.75) is 56.5 Å². The maximum atomic E-state index is 14.0. The summed E-state index contributed by atoms with van der Waals surface area (Å²) in [6.07, 6.45) is 4.46. The van der Waals surface area contributed by atoms with Gasteiger partial charge in [0.15, 0.2) is 0 Å². The van der Waals surface area contributed by atoms with Crippen LogP contribution in [-0.4, -0.2) is 25.3 Å². The van der Waals surface area contributed by atoms with Gasteiger partial charge in [-0.15, -0.1) is 0 Å². The average molecular weight is 314 g/mol. The highest BCUT2D eigenvalue weighted by molar-refractivity contribution is 7.89. The highest BCUT2D eigenvalue weighted by Crippen LogP contribution is 2.28. The third-order valence-corrected chi connectivity index (χ3v) is 6.08. The zero-order valence-corrected chi connectivity index (χ0v) is 13.2. The molecular formula is C15H23FN2O2S. The molecule has 21 heavy (non-hydrogen) atoms. The number of hydrogen-bond donors (Lipinski definition) is 1. The highest BCUT2D eigenvalue weighted by atomic mass is 32.2. The molecule has 1 atom stereocenters. The number of rotatable bonds is 4. The summed E-state index contributed by atoms with van der Waals surface area (Å²) in [6.45, 7) is 2.64. The minimum Gasteiger partial charge on any atom is -0.326 e. The normalized spacial score (nSPS) is 21.2. The number of sulfonamides is 1. The Morgan fingerprint density at radius 3 is 2.76 bits per heavy atom. The first-order chi connectivity index (χ1) is 10.0. The Hall–Kier alpha value is -0.980. The molecule has 1 aliphatic heterocycles. The monoisotopic (exact) mass is 314 g/mol. The summed E-state index contributed by atoms with van der Waals surface area (Å²) in [7, 11) is -3.81. The van der Waals surface area contributed by atoms with Crippen LogP contribution in [0.2, 0.25) is 0 Å². The van der Waals surface area contributed by atoms with Gasteiger partial charge in [0.25, 0.3) is 0 Å². The number of nitrogens with zero attached hydrogens (tertiary/aromatic N) is 1. The van der Waals surface area contributed by atoms with E-state index in [2.05, 4.69) is 0 Å². The lowest BCUT2D eigenvalue weighted by molar-refractivity contribution is 0.313. The fraction of sp³-hybridized carbons (Fsp3) is 0.600. The van der Waals surface area contributed by atoms with Gasteiger partial charge < -0.3 is 5.73 Å². The van der Waals surface area contributed by atoms with Crippen molar-refractivity contribution in [3.05, 3.63) is 29.6 Å². The van der Waals surface area contributed by atoms with Crippen LogP contribution in [0.4, 0.5) is 4.39 Å². The number of benzene rings is 1. The van der Waals surface area contributed by atoms with E-state index in [0.29, 0.717) is 12.1 Å². The van der Waals surface area contributed by atoms with Crippen molar-refractivity contribution < 1.29 is 12.8 Å². The van der Waals surface area contributed by atoms with Gasteiger partial charge in [-0.05, 0) is 37.0 Å². The van der Waals surface area contributed by atoms with Gasteiger partial charge in [-0.1, -0.05) is 25.8 Å². The maximum Gasteiger partial charge on any atom is 0.246 e. The fourth-order valence-electron chi connectivity index (χ4n) is 2.87. The average Bonchev–Trinajstić information content (AvgIpc) is 2.73. The molecule has 4 nitrogen and oxygen atoms in total. The van der Waals surface area contributed by atoms with Gasteiger partial charge in [0.1, 0.15) is 10.7 Å². The summed E-state index contributed by atoms with van der Waals surface area (Å²) >= 11 is 0. The summed E-state index contributed by atoms with van der Waals surface area (Å²) in [4.78, 5) is -0.245. The van der Waals surface area contributed by atoms with Crippen LogP contribution in [0.3, 0.4) is 0 Å². The van der Waals surface area contributed by atoms with Crippen molar-refractivity contribution in [2.24, 2.45) is 5.73 Å². The first-order valence-electron chi connectivity index (χ1n) is 7.51. The Bertz CT molecular complexity index is 589. The molecule has 2 N–H and O–H groups in total. The molecule has 0 aromatic heterocycles. The quantitative estimate of drug-likeness (QED) is 0.929. The van der Waals surface area contributed by atoms with E-state index in [4.69, 9.17) is 5.73 Å². The molecule has 0 aliphatic carbocycles. The van der Waals surface area contributed by atoms with E-state index < -0.39 is 15.8 Å². The molecule has 0 saturated carbocycles. The summed E-state index contributed by atoms with van der Waals surface area (Å²) in [5, 5.41) is 0. The number of halogens is 1. The first-order valence-corrected chi connectivity index (χ1v) is 8.95. The van der Waals surface area contributed by atoms with Crippen LogP contribution in [0.5, 0.6) is 0 Å². The van der Waals surface area contributed by atoms with Crippen LogP contribution < -0.4 is 5.73 Å². The number of nitrogens with two attached hydrogens (primary N) is 1. The van der Waals surface area contributed by atoms with Gasteiger partial charge in [0, 0.05) is 19.1 Å². The zero-order chi connectivity index (χ0) is 15.5. The molecule has 1 aliphatic rings. The summed E-state index contributed by atoms with van der Waals surface area (Å²) in [6, 6.07) is 4.03. The van der Waals surface area contributed by atoms with E-state index in [-0.39, 0.29) is 17.5 Å². The van der Waals surface area contributed by atoms with E-state index >= 15 is 0 Å². The molecule has 2 rings (SSSR count). The van der Waals surface area contributed by atoms with Gasteiger partial charge in [0.2, 0.25) is 10.0 Å². The molecule has 0 bridgehead atoms. The molecular weight excluding hydrogens is 291 g/mol. The molecule has 0 amide bonds. The minimum atomic E-state index is -3.81. The van der Waals surface area contributed by atoms with Crippen LogP contribution in [0.1, 0.15) is 44.6 Å². The van der Waals surface area contributed by atoms with Gasteiger partial charge in [-0.25, -0.2) is 12.8 Å². The topological polar surface area (TPSA) is 63.4 Å². The molecule has 1 saturated heterocycles. The van der Waals surface area contributed by atoms with E-state index in [9.17, 15) is 12.8 Å². The van der Waals surface area contributed by atoms with Gasteiger partial charge >= 0.3 is 0 Å². The standard InChI is InChI=1S/C15H23FN2O2S/c1-2-13-6-4-3-5-9-18(13)21(19,20)15-10-12(11-17)7-8-14(15)16/h7-8,10,13H,2-6,9,11,17H2,1H3. The van der Waals surface area contributed by atoms with Crippen LogP contribution in [0.25, 0.3) is 0 Å². The summed E-state index contributed by atoms with van der Waals surface area (Å²) in [5.74, 6) is -0.702. The lowest BCUT2D eigenvalue weighted by Crippen LogP contribution is -2.40. The zero-order valence-electron chi connectivity index (χ0n) is 12.4. The van der Waals surface area contributed by atoms with Gasteiger partial charge in [-0.2, -0.15) is 4.31 Å². The smallest absolute Gasteiger partial charge is 0.246 e. The predicted molar refractivity (Wildman–Crippen MR) is 80.7 cm³/mol. The van der Waals surface area contributed by atoms with Crippen molar-refractivity contribution in [1.29, 1.82) is 0 Å². The van der Waals surface area contributed by atoms with E-state index in [1.165, 1.54) is 22.5 Å². The molecule has 118 valence electrons. The van der Waals surface area contributed by atoms with Crippen molar-refractivity contribution in [3.8, 4) is 0 Å². The highest BCUT2D eigenvalue weighted by Gasteiger charge is 2.33. The molecule has 1 aromatic carbocycles. The summed E-state index contributed by atoms with van der Waals surface area (Å²) in [5.41, 5.74) is 6.16. The molecule has 6 heteroatoms. The Kier molecular flexibility index (Phi) is 5.35. The van der Waals surface area contributed by atoms with Crippen LogP contribution in [0.15, 0.2) is 23.1 Å². The van der Waals surface area contributed by atoms with Crippen LogP contribution >= 0.6 is 0 Å². The third kappa shape index (κ3) is 3.44. The van der Waals surface area contributed by atoms with E-state index in [1.807, 2.05) is 6.92 Å². The molecule has 1 unspecified atom stereocenters. The molecule has 0 spiro atoms. The van der Waals surface area contributed by atoms with Gasteiger partial charge in [0.05, 0.1) is 0 Å². The van der Waals surface area contributed by atoms with E-state index in [0.717, 1.165) is 32.1 Å². The largest absolute Gasteiger partial charge is 0.326 e. The Morgan fingerprint density at radius 1 is 1.33 bits per heavy atom. The molecule has 0 radical (unpaired) electrons. The Balaban J connectivity index is 2.44. The first kappa shape index (κ1) is 16.4. The maximum absolute atomic E-state index is 14.0. The second-order valence-electron chi connectivity index (χ2n) is 5.50. The lowest BCUT2D eigenvalue weighted by atomic mass is 10.1. The van der Waals surface area contributed by atoms with E-state index in [1.54, 1.807) is 0 Å². The minimum absolute atomic E-state index is 0.0431. The predicted octanol–water partition coefficient (Wildman–Crippen LogP) is 2.63. The van der Waals surface area contributed by atoms with Crippen molar-refractivity contribution in [3.63, 3.8) is 0 Å². The Labute approximate surface area is 126 Å². The van der Waals surface area contributed by atoms with Crippen molar-refractivity contribution in [1.82, 2.24) is 4.31 Å². The SMILES string of the molecule is CCC1CCCCCN1S(=O)(=O)c1cc(CN)ccc1F. The van der Waals surface area contributed by atoms with Crippen LogP contribution in [0, 0.1) is 5.82 Å². The molecule has 1 fully saturated rings. The lowest BCUT2D eigenvalue weighted by Gasteiger charge is -2.28. The molecule has 1 heterocycles. The summed E-state index contributed by atoms with van der Waals surface area (Å²) < 4.78 is 41.2. The second kappa shape index (κ2) is 6.85. The second-order valence-corrected chi connectivity index (χ2v) is 7.36. The van der Waals surface area contributed by atoms with Crippen molar-refractivity contribution >= 4 is 10.0 Å². The van der Waals surface area contributed by atoms with Gasteiger partial charge in [-0.3, -0.25) is 0 Å². The third-order valence-electron chi connectivity index (χ3n) is 4.11. The fourth-order valence-corrected chi connectivity index (χ4v) is 4.76. The molecule has 1 aromatic rings. The number of hydrogen-bond acceptors (Lipinski definition) is 3. The Morgan fingerprint density at radius 2 is 2.10 bits per heavy atom.